The van der Waals surface area contributed by atoms with Crippen LogP contribution in [0.25, 0.3) is 11.1 Å². The number of aliphatic imine (C=N–C) groups is 1. The maximum Gasteiger partial charge on any atom is 0.222 e. The third-order valence-corrected chi connectivity index (χ3v) is 4.65. The normalized spacial score (nSPS) is 16.1. The molecule has 0 radical (unpaired) electrons. The van der Waals surface area contributed by atoms with E-state index >= 15 is 0 Å². The molecule has 0 spiro atoms. The molecule has 0 aliphatic carbocycles. The van der Waals surface area contributed by atoms with Gasteiger partial charge in [0.05, 0.1) is 0 Å². The second-order valence-corrected chi connectivity index (χ2v) is 6.48. The van der Waals surface area contributed by atoms with Gasteiger partial charge in [0.2, 0.25) is 5.90 Å². The molecule has 1 atom stereocenters. The zero-order valence-corrected chi connectivity index (χ0v) is 14.6. The molecule has 0 bridgehead atoms. The molecule has 27 heavy (non-hydrogen) atoms. The minimum atomic E-state index is -0.688. The highest BCUT2D eigenvalue weighted by atomic mass is 19.1. The second-order valence-electron chi connectivity index (χ2n) is 6.48. The average Bonchev–Trinajstić information content (AvgIpc) is 3.14. The molecule has 0 saturated carbocycles. The molecule has 1 N–H and O–H groups in total. The van der Waals surface area contributed by atoms with Crippen molar-refractivity contribution in [3.8, 4) is 16.9 Å². The van der Waals surface area contributed by atoms with E-state index < -0.39 is 11.6 Å². The van der Waals surface area contributed by atoms with Crippen molar-refractivity contribution in [2.75, 3.05) is 6.61 Å². The van der Waals surface area contributed by atoms with Crippen LogP contribution in [0.1, 0.15) is 22.7 Å². The lowest BCUT2D eigenvalue weighted by Gasteiger charge is -2.08. The number of ether oxygens (including phenoxy) is 1. The highest BCUT2D eigenvalue weighted by Crippen LogP contribution is 2.30. The summed E-state index contributed by atoms with van der Waals surface area (Å²) in [5, 5.41) is 9.65. The van der Waals surface area contributed by atoms with Crippen molar-refractivity contribution < 1.29 is 18.6 Å². The Hall–Kier alpha value is -3.21. The predicted octanol–water partition coefficient (Wildman–Crippen LogP) is 5.16. The second kappa shape index (κ2) is 6.83. The lowest BCUT2D eigenvalue weighted by Crippen LogP contribution is -2.07. The fourth-order valence-corrected chi connectivity index (χ4v) is 3.12. The molecule has 1 aliphatic heterocycles. The third kappa shape index (κ3) is 3.28. The zero-order valence-electron chi connectivity index (χ0n) is 14.6. The molecule has 0 amide bonds. The Labute approximate surface area is 155 Å². The first-order chi connectivity index (χ1) is 13.0. The largest absolute Gasteiger partial charge is 0.508 e. The number of hydrogen-bond acceptors (Lipinski definition) is 3. The Morgan fingerprint density at radius 3 is 2.30 bits per heavy atom. The Bertz CT molecular complexity index is 1010. The van der Waals surface area contributed by atoms with Crippen LogP contribution in [0.2, 0.25) is 0 Å². The zero-order chi connectivity index (χ0) is 19.0. The summed E-state index contributed by atoms with van der Waals surface area (Å²) >= 11 is 0. The van der Waals surface area contributed by atoms with E-state index in [4.69, 9.17) is 4.74 Å². The summed E-state index contributed by atoms with van der Waals surface area (Å²) in [5.41, 5.74) is 3.49. The summed E-state index contributed by atoms with van der Waals surface area (Å²) in [6.45, 7) is 2.09. The van der Waals surface area contributed by atoms with Crippen LogP contribution in [0.3, 0.4) is 0 Å². The predicted molar refractivity (Wildman–Crippen MR) is 99.9 cm³/mol. The Balaban J connectivity index is 1.60. The van der Waals surface area contributed by atoms with Gasteiger partial charge in [0.25, 0.3) is 0 Å². The number of nitrogens with zero attached hydrogens (tertiary/aromatic N) is 1. The van der Waals surface area contributed by atoms with E-state index in [1.54, 1.807) is 6.07 Å². The maximum absolute atomic E-state index is 13.9. The SMILES string of the molecule is Cc1cc(-c2ccc(C3COC(c4c(F)cccc4F)=N3)cc2)ccc1O. The Kier molecular flexibility index (Phi) is 4.36. The van der Waals surface area contributed by atoms with Gasteiger partial charge in [-0.25, -0.2) is 13.8 Å². The number of rotatable bonds is 3. The lowest BCUT2D eigenvalue weighted by atomic mass is 10.00. The maximum atomic E-state index is 13.9. The Morgan fingerprint density at radius 2 is 1.63 bits per heavy atom. The van der Waals surface area contributed by atoms with Gasteiger partial charge in [-0.3, -0.25) is 0 Å². The first-order valence-electron chi connectivity index (χ1n) is 8.58. The average molecular weight is 365 g/mol. The van der Waals surface area contributed by atoms with Crippen LogP contribution in [0.4, 0.5) is 8.78 Å². The van der Waals surface area contributed by atoms with Crippen LogP contribution in [-0.2, 0) is 4.74 Å². The third-order valence-electron chi connectivity index (χ3n) is 4.65. The minimum absolute atomic E-state index is 0.00571. The van der Waals surface area contributed by atoms with Gasteiger partial charge in [0.15, 0.2) is 0 Å². The first-order valence-corrected chi connectivity index (χ1v) is 8.58. The molecule has 3 aromatic rings. The molecule has 1 unspecified atom stereocenters. The number of aryl methyl sites for hydroxylation is 1. The molecule has 136 valence electrons. The van der Waals surface area contributed by atoms with Gasteiger partial charge in [-0.15, -0.1) is 0 Å². The summed E-state index contributed by atoms with van der Waals surface area (Å²) in [6, 6.07) is 16.6. The van der Waals surface area contributed by atoms with E-state index in [-0.39, 0.29) is 29.9 Å². The fourth-order valence-electron chi connectivity index (χ4n) is 3.12. The molecule has 4 rings (SSSR count). The number of benzene rings is 3. The van der Waals surface area contributed by atoms with Crippen molar-refractivity contribution in [1.82, 2.24) is 0 Å². The van der Waals surface area contributed by atoms with Gasteiger partial charge in [-0.05, 0) is 53.4 Å². The first kappa shape index (κ1) is 17.2. The van der Waals surface area contributed by atoms with E-state index in [9.17, 15) is 13.9 Å². The summed E-state index contributed by atoms with van der Waals surface area (Å²) in [4.78, 5) is 4.36. The topological polar surface area (TPSA) is 41.8 Å². The van der Waals surface area contributed by atoms with E-state index in [0.717, 1.165) is 22.3 Å². The number of hydrogen-bond donors (Lipinski definition) is 1. The van der Waals surface area contributed by atoms with E-state index in [2.05, 4.69) is 4.99 Å². The summed E-state index contributed by atoms with van der Waals surface area (Å²) in [7, 11) is 0. The number of phenolic OH excluding ortho intramolecular Hbond substituents is 1. The molecule has 0 saturated heterocycles. The molecule has 3 aromatic carbocycles. The molecular formula is C22H17F2NO2. The van der Waals surface area contributed by atoms with Gasteiger partial charge in [0.1, 0.15) is 35.6 Å². The van der Waals surface area contributed by atoms with E-state index in [0.29, 0.717) is 0 Å². The fraction of sp³-hybridized carbons (Fsp3) is 0.136. The number of halogens is 2. The molecular weight excluding hydrogens is 348 g/mol. The molecule has 5 heteroatoms. The van der Waals surface area contributed by atoms with Gasteiger partial charge >= 0.3 is 0 Å². The van der Waals surface area contributed by atoms with Crippen LogP contribution in [0, 0.1) is 18.6 Å². The lowest BCUT2D eigenvalue weighted by molar-refractivity contribution is 0.317. The van der Waals surface area contributed by atoms with Crippen LogP contribution in [-0.4, -0.2) is 17.6 Å². The van der Waals surface area contributed by atoms with E-state index in [1.165, 1.54) is 18.2 Å². The molecule has 0 aromatic heterocycles. The summed E-state index contributed by atoms with van der Waals surface area (Å²) in [6.07, 6.45) is 0. The molecule has 3 nitrogen and oxygen atoms in total. The molecule has 1 aliphatic rings. The highest BCUT2D eigenvalue weighted by Gasteiger charge is 2.26. The summed E-state index contributed by atoms with van der Waals surface area (Å²) in [5.74, 6) is -1.12. The van der Waals surface area contributed by atoms with Crippen LogP contribution < -0.4 is 0 Å². The number of phenols is 1. The monoisotopic (exact) mass is 365 g/mol. The highest BCUT2D eigenvalue weighted by molar-refractivity contribution is 5.95. The summed E-state index contributed by atoms with van der Waals surface area (Å²) < 4.78 is 33.3. The van der Waals surface area contributed by atoms with Crippen LogP contribution in [0.15, 0.2) is 65.7 Å². The standard InChI is InChI=1S/C22H17F2NO2/c1-13-11-16(9-10-20(13)26)14-5-7-15(8-6-14)19-12-27-22(25-19)21-17(23)3-2-4-18(21)24/h2-11,19,26H,12H2,1H3. The van der Waals surface area contributed by atoms with Crippen molar-refractivity contribution in [3.05, 3.63) is 89.0 Å². The molecule has 0 fully saturated rings. The quantitative estimate of drug-likeness (QED) is 0.696. The van der Waals surface area contributed by atoms with Crippen molar-refractivity contribution >= 4 is 5.90 Å². The van der Waals surface area contributed by atoms with E-state index in [1.807, 2.05) is 43.3 Å². The van der Waals surface area contributed by atoms with Crippen molar-refractivity contribution in [2.24, 2.45) is 4.99 Å². The Morgan fingerprint density at radius 1 is 0.963 bits per heavy atom. The van der Waals surface area contributed by atoms with Crippen molar-refractivity contribution in [2.45, 2.75) is 13.0 Å². The molecule has 1 heterocycles. The smallest absolute Gasteiger partial charge is 0.222 e. The van der Waals surface area contributed by atoms with Gasteiger partial charge in [-0.1, -0.05) is 36.4 Å². The van der Waals surface area contributed by atoms with Crippen molar-refractivity contribution in [1.29, 1.82) is 0 Å². The van der Waals surface area contributed by atoms with Gasteiger partial charge < -0.3 is 9.84 Å². The van der Waals surface area contributed by atoms with Crippen LogP contribution in [0.5, 0.6) is 5.75 Å². The number of aromatic hydroxyl groups is 1. The minimum Gasteiger partial charge on any atom is -0.508 e. The van der Waals surface area contributed by atoms with Crippen LogP contribution >= 0.6 is 0 Å². The van der Waals surface area contributed by atoms with Gasteiger partial charge in [-0.2, -0.15) is 0 Å². The van der Waals surface area contributed by atoms with Gasteiger partial charge in [0, 0.05) is 0 Å². The van der Waals surface area contributed by atoms with Crippen molar-refractivity contribution in [3.63, 3.8) is 0 Å².